The first-order valence-electron chi connectivity index (χ1n) is 16.6. The van der Waals surface area contributed by atoms with Crippen LogP contribution in [0.3, 0.4) is 0 Å². The molecule has 1 aromatic carbocycles. The lowest BCUT2D eigenvalue weighted by atomic mass is 9.97. The Morgan fingerprint density at radius 1 is 0.936 bits per heavy atom. The fourth-order valence-electron chi connectivity index (χ4n) is 6.88. The van der Waals surface area contributed by atoms with E-state index in [1.807, 2.05) is 44.2 Å². The van der Waals surface area contributed by atoms with E-state index >= 15 is 0 Å². The zero-order valence-electron chi connectivity index (χ0n) is 27.0. The first-order chi connectivity index (χ1) is 22.5. The van der Waals surface area contributed by atoms with Crippen molar-refractivity contribution >= 4 is 35.4 Å². The number of carbonyl (C=O) groups excluding carboxylic acids is 6. The molecule has 4 saturated heterocycles. The molecule has 0 saturated carbocycles. The van der Waals surface area contributed by atoms with Gasteiger partial charge in [0.05, 0.1) is 19.1 Å². The number of amides is 6. The van der Waals surface area contributed by atoms with Crippen molar-refractivity contribution in [2.45, 2.75) is 101 Å². The third-order valence-corrected chi connectivity index (χ3v) is 9.32. The van der Waals surface area contributed by atoms with Gasteiger partial charge in [-0.05, 0) is 43.6 Å². The van der Waals surface area contributed by atoms with Crippen molar-refractivity contribution in [2.75, 3.05) is 26.2 Å². The van der Waals surface area contributed by atoms with E-state index in [9.17, 15) is 33.9 Å². The van der Waals surface area contributed by atoms with E-state index in [2.05, 4.69) is 21.3 Å². The van der Waals surface area contributed by atoms with Crippen LogP contribution < -0.4 is 21.3 Å². The van der Waals surface area contributed by atoms with Gasteiger partial charge in [0.15, 0.2) is 0 Å². The molecule has 0 radical (unpaired) electrons. The number of ether oxygens (including phenoxy) is 1. The van der Waals surface area contributed by atoms with Crippen LogP contribution in [0.15, 0.2) is 30.3 Å². The molecule has 0 aromatic heterocycles. The summed E-state index contributed by atoms with van der Waals surface area (Å²) >= 11 is 0. The fraction of sp³-hybridized carbons (Fsp3) is 0.636. The van der Waals surface area contributed by atoms with Gasteiger partial charge in [-0.3, -0.25) is 28.8 Å². The van der Waals surface area contributed by atoms with Crippen LogP contribution in [-0.2, 0) is 39.9 Å². The van der Waals surface area contributed by atoms with Crippen molar-refractivity contribution < 1.29 is 38.6 Å². The number of hydrogen-bond acceptors (Lipinski definition) is 8. The molecule has 0 spiro atoms. The van der Waals surface area contributed by atoms with E-state index in [1.54, 1.807) is 0 Å². The predicted octanol–water partition coefficient (Wildman–Crippen LogP) is -1.01. The highest BCUT2D eigenvalue weighted by Crippen LogP contribution is 2.22. The Balaban J connectivity index is 1.49. The number of rotatable bonds is 5. The van der Waals surface area contributed by atoms with Gasteiger partial charge < -0.3 is 40.9 Å². The van der Waals surface area contributed by atoms with E-state index in [4.69, 9.17) is 4.74 Å². The maximum atomic E-state index is 14.1. The summed E-state index contributed by atoms with van der Waals surface area (Å²) in [6.45, 7) is 3.69. The smallest absolute Gasteiger partial charge is 0.246 e. The first kappa shape index (κ1) is 34.3. The molecule has 4 heterocycles. The van der Waals surface area contributed by atoms with E-state index in [1.165, 1.54) is 9.80 Å². The van der Waals surface area contributed by atoms with Crippen LogP contribution in [0.4, 0.5) is 0 Å². The Hall–Kier alpha value is -4.04. The summed E-state index contributed by atoms with van der Waals surface area (Å²) in [5, 5.41) is 22.5. The molecule has 47 heavy (non-hydrogen) atoms. The highest BCUT2D eigenvalue weighted by molar-refractivity contribution is 5.96. The predicted molar refractivity (Wildman–Crippen MR) is 168 cm³/mol. The average molecular weight is 655 g/mol. The van der Waals surface area contributed by atoms with Crippen LogP contribution in [0, 0.1) is 5.92 Å². The Kier molecular flexibility index (Phi) is 11.1. The number of nitrogens with one attached hydrogen (secondary N) is 4. The Morgan fingerprint density at radius 3 is 2.40 bits per heavy atom. The molecule has 4 aliphatic rings. The van der Waals surface area contributed by atoms with Crippen LogP contribution in [0.5, 0.6) is 0 Å². The summed E-state index contributed by atoms with van der Waals surface area (Å²) in [5.74, 6) is -2.71. The highest BCUT2D eigenvalue weighted by atomic mass is 16.5. The number of aliphatic hydroxyl groups excluding tert-OH is 1. The zero-order valence-corrected chi connectivity index (χ0v) is 27.0. The number of aliphatic hydroxyl groups is 1. The second kappa shape index (κ2) is 15.2. The van der Waals surface area contributed by atoms with E-state index in [-0.39, 0.29) is 44.2 Å². The van der Waals surface area contributed by atoms with Crippen LogP contribution in [0.1, 0.15) is 57.9 Å². The summed E-state index contributed by atoms with van der Waals surface area (Å²) < 4.78 is 5.85. The minimum Gasteiger partial charge on any atom is -0.388 e. The normalized spacial score (nSPS) is 31.1. The molecule has 14 nitrogen and oxygen atoms in total. The van der Waals surface area contributed by atoms with Gasteiger partial charge >= 0.3 is 0 Å². The molecule has 2 bridgehead atoms. The number of nitrogens with zero attached hydrogens (tertiary/aromatic N) is 2. The second-order valence-corrected chi connectivity index (χ2v) is 13.4. The molecule has 4 fully saturated rings. The van der Waals surface area contributed by atoms with Gasteiger partial charge in [0, 0.05) is 26.0 Å². The molecule has 5 N–H and O–H groups in total. The SMILES string of the molecule is CC(C)C[C@H]1NC(=O)[C@H]2CCCN2C(=O)[C@H](Cc2ccccc2)NC(=O)CN(C(=O)[C@@H]2CCC(=O)N2)C[C@H]2OCC[C@H](NC1=O)[C@@H]2O. The van der Waals surface area contributed by atoms with Crippen LogP contribution in [0.2, 0.25) is 0 Å². The van der Waals surface area contributed by atoms with Gasteiger partial charge in [0.2, 0.25) is 35.4 Å². The van der Waals surface area contributed by atoms with Crippen molar-refractivity contribution in [3.63, 3.8) is 0 Å². The zero-order chi connectivity index (χ0) is 33.7. The summed E-state index contributed by atoms with van der Waals surface area (Å²) in [6.07, 6.45) is -0.00975. The van der Waals surface area contributed by atoms with Gasteiger partial charge in [0.1, 0.15) is 36.4 Å². The third kappa shape index (κ3) is 8.47. The number of benzene rings is 1. The summed E-state index contributed by atoms with van der Waals surface area (Å²) in [5.41, 5.74) is 0.789. The largest absolute Gasteiger partial charge is 0.388 e. The molecule has 0 unspecified atom stereocenters. The Bertz CT molecular complexity index is 1340. The summed E-state index contributed by atoms with van der Waals surface area (Å²) in [7, 11) is 0. The standard InChI is InChI=1S/C33H46N6O8/c1-19(2)15-23-30(43)36-21-12-14-47-26(29(21)42)17-38(32(45)22-10-11-27(40)34-22)18-28(41)35-24(16-20-7-4-3-5-8-20)33(46)39-13-6-9-25(39)31(44)37-23/h3-5,7-8,19,21-26,29,42H,6,9-18H2,1-2H3,(H,34,40)(H,35,41)(H,36,43)(H,37,44)/t21-,22-,23+,24-,25+,26+,29-/m0/s1. The highest BCUT2D eigenvalue weighted by Gasteiger charge is 2.42. The van der Waals surface area contributed by atoms with Crippen LogP contribution in [-0.4, -0.2) is 119 Å². The fourth-order valence-corrected chi connectivity index (χ4v) is 6.88. The molecule has 14 heteroatoms. The van der Waals surface area contributed by atoms with Gasteiger partial charge in [-0.25, -0.2) is 0 Å². The quantitative estimate of drug-likeness (QED) is 0.267. The molecule has 4 aliphatic heterocycles. The van der Waals surface area contributed by atoms with Crippen LogP contribution in [0.25, 0.3) is 0 Å². The monoisotopic (exact) mass is 654 g/mol. The lowest BCUT2D eigenvalue weighted by Crippen LogP contribution is -2.60. The minimum atomic E-state index is -1.23. The van der Waals surface area contributed by atoms with E-state index < -0.39 is 78.5 Å². The van der Waals surface area contributed by atoms with Crippen molar-refractivity contribution in [2.24, 2.45) is 5.92 Å². The minimum absolute atomic E-state index is 0.0509. The molecular formula is C33H46N6O8. The van der Waals surface area contributed by atoms with E-state index in [0.717, 1.165) is 5.56 Å². The average Bonchev–Trinajstić information content (AvgIpc) is 3.71. The first-order valence-corrected chi connectivity index (χ1v) is 16.6. The molecule has 0 aliphatic carbocycles. The van der Waals surface area contributed by atoms with Crippen molar-refractivity contribution in [1.29, 1.82) is 0 Å². The third-order valence-electron chi connectivity index (χ3n) is 9.32. The Labute approximate surface area is 274 Å². The van der Waals surface area contributed by atoms with Crippen molar-refractivity contribution in [1.82, 2.24) is 31.1 Å². The van der Waals surface area contributed by atoms with E-state index in [0.29, 0.717) is 32.2 Å². The molecule has 5 rings (SSSR count). The topological polar surface area (TPSA) is 186 Å². The Morgan fingerprint density at radius 2 is 1.70 bits per heavy atom. The number of fused-ring (bicyclic) bond motifs is 3. The van der Waals surface area contributed by atoms with Gasteiger partial charge in [-0.15, -0.1) is 0 Å². The molecule has 7 atom stereocenters. The van der Waals surface area contributed by atoms with Gasteiger partial charge in [0.25, 0.3) is 0 Å². The van der Waals surface area contributed by atoms with Gasteiger partial charge in [-0.1, -0.05) is 44.2 Å². The summed E-state index contributed by atoms with van der Waals surface area (Å²) in [6, 6.07) is 4.79. The summed E-state index contributed by atoms with van der Waals surface area (Å²) in [4.78, 5) is 83.4. The lowest BCUT2D eigenvalue weighted by molar-refractivity contribution is -0.147. The van der Waals surface area contributed by atoms with Crippen molar-refractivity contribution in [3.05, 3.63) is 35.9 Å². The maximum absolute atomic E-state index is 14.1. The number of hydrogen-bond donors (Lipinski definition) is 5. The lowest BCUT2D eigenvalue weighted by Gasteiger charge is -2.38. The van der Waals surface area contributed by atoms with Crippen LogP contribution >= 0.6 is 0 Å². The maximum Gasteiger partial charge on any atom is 0.246 e. The van der Waals surface area contributed by atoms with Gasteiger partial charge in [-0.2, -0.15) is 0 Å². The number of carbonyl (C=O) groups is 6. The van der Waals surface area contributed by atoms with Crippen molar-refractivity contribution in [3.8, 4) is 0 Å². The molecule has 6 amide bonds. The molecular weight excluding hydrogens is 608 g/mol. The molecule has 256 valence electrons. The second-order valence-electron chi connectivity index (χ2n) is 13.4. The molecule has 1 aromatic rings.